The zero-order chi connectivity index (χ0) is 14.5. The van der Waals surface area contributed by atoms with E-state index in [1.807, 2.05) is 25.1 Å². The van der Waals surface area contributed by atoms with Gasteiger partial charge >= 0.3 is 5.97 Å². The lowest BCUT2D eigenvalue weighted by molar-refractivity contribution is -0.135. The van der Waals surface area contributed by atoms with Crippen LogP contribution in [0.1, 0.15) is 29.4 Å². The normalized spacial score (nSPS) is 10.2. The van der Waals surface area contributed by atoms with Crippen LogP contribution in [0.25, 0.3) is 11.1 Å². The lowest BCUT2D eigenvalue weighted by atomic mass is 9.98. The first-order valence-corrected chi connectivity index (χ1v) is 6.41. The maximum atomic E-state index is 11.8. The molecular formula is C16H15NO3. The van der Waals surface area contributed by atoms with Crippen molar-refractivity contribution in [2.75, 3.05) is 0 Å². The number of carboxylic acid groups (broad SMARTS) is 1. The summed E-state index contributed by atoms with van der Waals surface area (Å²) in [6.07, 6.45) is 2.04. The molecule has 0 aliphatic carbocycles. The smallest absolute Gasteiger partial charge is 0.311 e. The van der Waals surface area contributed by atoms with Gasteiger partial charge in [-0.3, -0.25) is 14.6 Å². The van der Waals surface area contributed by atoms with Gasteiger partial charge in [0.15, 0.2) is 5.78 Å². The van der Waals surface area contributed by atoms with Gasteiger partial charge in [-0.15, -0.1) is 0 Å². The van der Waals surface area contributed by atoms with Crippen LogP contribution in [0.2, 0.25) is 0 Å². The number of ketones is 1. The number of Topliss-reactive ketones (excluding diaryl/α,β-unsaturated/α-hetero) is 1. The maximum absolute atomic E-state index is 11.8. The first-order valence-electron chi connectivity index (χ1n) is 6.41. The quantitative estimate of drug-likeness (QED) is 0.669. The number of aryl methyl sites for hydroxylation is 1. The molecule has 0 fully saturated rings. The molecule has 1 aromatic carbocycles. The van der Waals surface area contributed by atoms with Crippen molar-refractivity contribution in [2.45, 2.75) is 19.8 Å². The van der Waals surface area contributed by atoms with Crippen LogP contribution in [0.15, 0.2) is 42.6 Å². The molecule has 0 aliphatic rings. The summed E-state index contributed by atoms with van der Waals surface area (Å²) in [6.45, 7) is 2.02. The van der Waals surface area contributed by atoms with Crippen molar-refractivity contribution in [3.8, 4) is 11.1 Å². The van der Waals surface area contributed by atoms with Gasteiger partial charge in [0, 0.05) is 23.0 Å². The average Bonchev–Trinajstić information content (AvgIpc) is 2.46. The lowest BCUT2D eigenvalue weighted by Gasteiger charge is -2.08. The van der Waals surface area contributed by atoms with Crippen molar-refractivity contribution in [2.24, 2.45) is 0 Å². The predicted molar refractivity (Wildman–Crippen MR) is 75.6 cm³/mol. The summed E-state index contributed by atoms with van der Waals surface area (Å²) in [5, 5.41) is 8.68. The molecule has 4 nitrogen and oxygen atoms in total. The Morgan fingerprint density at radius 2 is 2.00 bits per heavy atom. The second-order valence-corrected chi connectivity index (χ2v) is 4.43. The SMILES string of the molecule is CCc1ncccc1-c1cccc(C(=O)CC(=O)O)c1. The molecule has 0 bridgehead atoms. The van der Waals surface area contributed by atoms with Crippen molar-refractivity contribution < 1.29 is 14.7 Å². The fourth-order valence-electron chi connectivity index (χ4n) is 2.08. The van der Waals surface area contributed by atoms with Crippen LogP contribution < -0.4 is 0 Å². The van der Waals surface area contributed by atoms with Crippen LogP contribution >= 0.6 is 0 Å². The molecule has 1 N–H and O–H groups in total. The van der Waals surface area contributed by atoms with E-state index in [2.05, 4.69) is 4.98 Å². The number of aromatic nitrogens is 1. The molecule has 0 radical (unpaired) electrons. The molecule has 2 rings (SSSR count). The monoisotopic (exact) mass is 269 g/mol. The Bertz CT molecular complexity index is 650. The third-order valence-corrected chi connectivity index (χ3v) is 3.03. The molecular weight excluding hydrogens is 254 g/mol. The van der Waals surface area contributed by atoms with E-state index in [-0.39, 0.29) is 5.78 Å². The van der Waals surface area contributed by atoms with Crippen molar-refractivity contribution in [1.82, 2.24) is 4.98 Å². The summed E-state index contributed by atoms with van der Waals surface area (Å²) >= 11 is 0. The molecule has 0 aliphatic heterocycles. The summed E-state index contributed by atoms with van der Waals surface area (Å²) < 4.78 is 0. The van der Waals surface area contributed by atoms with Gasteiger partial charge in [0.25, 0.3) is 0 Å². The minimum Gasteiger partial charge on any atom is -0.481 e. The zero-order valence-electron chi connectivity index (χ0n) is 11.2. The highest BCUT2D eigenvalue weighted by atomic mass is 16.4. The number of nitrogens with zero attached hydrogens (tertiary/aromatic N) is 1. The Morgan fingerprint density at radius 1 is 1.20 bits per heavy atom. The van der Waals surface area contributed by atoms with Crippen LogP contribution in [0.3, 0.4) is 0 Å². The van der Waals surface area contributed by atoms with E-state index < -0.39 is 12.4 Å². The number of rotatable bonds is 5. The molecule has 2 aromatic rings. The highest BCUT2D eigenvalue weighted by Gasteiger charge is 2.12. The van der Waals surface area contributed by atoms with Gasteiger partial charge < -0.3 is 5.11 Å². The number of benzene rings is 1. The van der Waals surface area contributed by atoms with Gasteiger partial charge in [0.1, 0.15) is 6.42 Å². The van der Waals surface area contributed by atoms with Crippen molar-refractivity contribution in [1.29, 1.82) is 0 Å². The van der Waals surface area contributed by atoms with Gasteiger partial charge in [0.05, 0.1) is 0 Å². The summed E-state index contributed by atoms with van der Waals surface area (Å²) in [5.41, 5.74) is 3.22. The predicted octanol–water partition coefficient (Wildman–Crippen LogP) is 2.97. The third-order valence-electron chi connectivity index (χ3n) is 3.03. The summed E-state index contributed by atoms with van der Waals surface area (Å²) in [7, 11) is 0. The molecule has 0 unspecified atom stereocenters. The number of aliphatic carboxylic acids is 1. The molecule has 1 aromatic heterocycles. The lowest BCUT2D eigenvalue weighted by Crippen LogP contribution is -2.07. The van der Waals surface area contributed by atoms with Gasteiger partial charge in [-0.05, 0) is 24.1 Å². The maximum Gasteiger partial charge on any atom is 0.311 e. The average molecular weight is 269 g/mol. The van der Waals surface area contributed by atoms with Gasteiger partial charge in [-0.25, -0.2) is 0 Å². The van der Waals surface area contributed by atoms with Crippen LogP contribution in [0.5, 0.6) is 0 Å². The number of hydrogen-bond acceptors (Lipinski definition) is 3. The van der Waals surface area contributed by atoms with E-state index in [9.17, 15) is 9.59 Å². The van der Waals surface area contributed by atoms with Crippen LogP contribution in [0.4, 0.5) is 0 Å². The number of hydrogen-bond donors (Lipinski definition) is 1. The number of pyridine rings is 1. The molecule has 1 heterocycles. The fraction of sp³-hybridized carbons (Fsp3) is 0.188. The number of carbonyl (C=O) groups is 2. The minimum atomic E-state index is -1.11. The van der Waals surface area contributed by atoms with Crippen LogP contribution in [0, 0.1) is 0 Å². The molecule has 0 amide bonds. The molecule has 4 heteroatoms. The van der Waals surface area contributed by atoms with E-state index >= 15 is 0 Å². The van der Waals surface area contributed by atoms with E-state index in [0.29, 0.717) is 5.56 Å². The summed E-state index contributed by atoms with van der Waals surface area (Å²) in [4.78, 5) is 26.7. The molecule has 0 spiro atoms. The Balaban J connectivity index is 2.39. The van der Waals surface area contributed by atoms with E-state index in [1.54, 1.807) is 24.4 Å². The molecule has 0 saturated carbocycles. The Kier molecular flexibility index (Phi) is 4.25. The number of carbonyl (C=O) groups excluding carboxylic acids is 1. The van der Waals surface area contributed by atoms with Gasteiger partial charge in [0.2, 0.25) is 0 Å². The second-order valence-electron chi connectivity index (χ2n) is 4.43. The van der Waals surface area contributed by atoms with Crippen molar-refractivity contribution >= 4 is 11.8 Å². The Hall–Kier alpha value is -2.49. The van der Waals surface area contributed by atoms with Crippen molar-refractivity contribution in [3.05, 3.63) is 53.9 Å². The van der Waals surface area contributed by atoms with E-state index in [1.165, 1.54) is 0 Å². The third kappa shape index (κ3) is 3.09. The second kappa shape index (κ2) is 6.10. The van der Waals surface area contributed by atoms with Gasteiger partial charge in [-0.2, -0.15) is 0 Å². The summed E-state index contributed by atoms with van der Waals surface area (Å²) in [6, 6.07) is 10.8. The largest absolute Gasteiger partial charge is 0.481 e. The zero-order valence-corrected chi connectivity index (χ0v) is 11.2. The molecule has 0 atom stereocenters. The molecule has 102 valence electrons. The molecule has 20 heavy (non-hydrogen) atoms. The Morgan fingerprint density at radius 3 is 2.70 bits per heavy atom. The van der Waals surface area contributed by atoms with E-state index in [0.717, 1.165) is 23.2 Å². The van der Waals surface area contributed by atoms with Crippen LogP contribution in [-0.4, -0.2) is 21.8 Å². The molecule has 0 saturated heterocycles. The van der Waals surface area contributed by atoms with E-state index in [4.69, 9.17) is 5.11 Å². The number of carboxylic acids is 1. The summed E-state index contributed by atoms with van der Waals surface area (Å²) in [5.74, 6) is -1.50. The standard InChI is InChI=1S/C16H15NO3/c1-2-14-13(7-4-8-17-14)11-5-3-6-12(9-11)15(18)10-16(19)20/h3-9H,2,10H2,1H3,(H,19,20). The highest BCUT2D eigenvalue weighted by molar-refractivity contribution is 6.06. The fourth-order valence-corrected chi connectivity index (χ4v) is 2.08. The van der Waals surface area contributed by atoms with Crippen molar-refractivity contribution in [3.63, 3.8) is 0 Å². The topological polar surface area (TPSA) is 67.3 Å². The minimum absolute atomic E-state index is 0.388. The Labute approximate surface area is 117 Å². The first-order chi connectivity index (χ1) is 9.61. The van der Waals surface area contributed by atoms with Gasteiger partial charge in [-0.1, -0.05) is 31.2 Å². The first kappa shape index (κ1) is 13.9. The van der Waals surface area contributed by atoms with Crippen LogP contribution in [-0.2, 0) is 11.2 Å². The highest BCUT2D eigenvalue weighted by Crippen LogP contribution is 2.24.